The fourth-order valence-electron chi connectivity index (χ4n) is 7.36. The monoisotopic (exact) mass is 776 g/mol. The van der Waals surface area contributed by atoms with Gasteiger partial charge in [-0.2, -0.15) is 0 Å². The summed E-state index contributed by atoms with van der Waals surface area (Å²) >= 11 is 0. The topological polar surface area (TPSA) is 95.9 Å². The molecule has 0 bridgehead atoms. The number of hydrogen-bond acceptors (Lipinski definition) is 5. The van der Waals surface area contributed by atoms with E-state index in [0.717, 1.165) is 57.8 Å². The fraction of sp³-hybridized carbons (Fsp3) is 0.878. The van der Waals surface area contributed by atoms with Crippen molar-refractivity contribution in [1.82, 2.24) is 5.32 Å². The Balaban J connectivity index is 4.40. The van der Waals surface area contributed by atoms with Gasteiger partial charge >= 0.3 is 5.97 Å². The molecule has 55 heavy (non-hydrogen) atoms. The minimum Gasteiger partial charge on any atom is -0.462 e. The van der Waals surface area contributed by atoms with Crippen molar-refractivity contribution in [3.63, 3.8) is 0 Å². The summed E-state index contributed by atoms with van der Waals surface area (Å²) in [6.45, 7) is 6.42. The van der Waals surface area contributed by atoms with Crippen LogP contribution in [0, 0.1) is 0 Å². The van der Waals surface area contributed by atoms with Crippen LogP contribution in [0.2, 0.25) is 0 Å². The third kappa shape index (κ3) is 39.0. The minimum atomic E-state index is -0.783. The molecule has 0 aliphatic rings. The maximum atomic E-state index is 13.1. The number of amides is 1. The van der Waals surface area contributed by atoms with Crippen LogP contribution in [0.5, 0.6) is 0 Å². The lowest BCUT2D eigenvalue weighted by molar-refractivity contribution is -0.151. The predicted octanol–water partition coefficient (Wildman–Crippen LogP) is 14.0. The third-order valence-electron chi connectivity index (χ3n) is 11.1. The zero-order valence-corrected chi connectivity index (χ0v) is 36.8. The van der Waals surface area contributed by atoms with Gasteiger partial charge in [0, 0.05) is 6.42 Å². The molecule has 0 aromatic heterocycles. The average molecular weight is 776 g/mol. The molecule has 6 heteroatoms. The van der Waals surface area contributed by atoms with Crippen molar-refractivity contribution < 1.29 is 24.5 Å². The Bertz CT molecular complexity index is 873. The lowest BCUT2D eigenvalue weighted by Gasteiger charge is -2.24. The highest BCUT2D eigenvalue weighted by Crippen LogP contribution is 2.18. The number of ether oxygens (including phenoxy) is 1. The van der Waals surface area contributed by atoms with Crippen molar-refractivity contribution >= 4 is 11.9 Å². The molecule has 0 radical (unpaired) electrons. The SMILES string of the molecule is CCCCC/C=C/C=C/CCCCCCCCC(=O)OC(CCCCCCCCC)CC(=O)NC(CO)C(O)CCCCCCCCCCCCCCCC. The van der Waals surface area contributed by atoms with E-state index in [1.807, 2.05) is 0 Å². The van der Waals surface area contributed by atoms with Crippen molar-refractivity contribution in [1.29, 1.82) is 0 Å². The van der Waals surface area contributed by atoms with Crippen LogP contribution in [0.25, 0.3) is 0 Å². The largest absolute Gasteiger partial charge is 0.462 e. The second-order valence-corrected chi connectivity index (χ2v) is 16.5. The maximum absolute atomic E-state index is 13.1. The van der Waals surface area contributed by atoms with Gasteiger partial charge in [-0.05, 0) is 51.4 Å². The van der Waals surface area contributed by atoms with Gasteiger partial charge in [0.1, 0.15) is 6.10 Å². The van der Waals surface area contributed by atoms with E-state index in [2.05, 4.69) is 50.4 Å². The normalized spacial score (nSPS) is 13.5. The number of carbonyl (C=O) groups excluding carboxylic acids is 2. The van der Waals surface area contributed by atoms with Gasteiger partial charge in [0.2, 0.25) is 5.91 Å². The van der Waals surface area contributed by atoms with Crippen LogP contribution >= 0.6 is 0 Å². The molecular weight excluding hydrogens is 683 g/mol. The summed E-state index contributed by atoms with van der Waals surface area (Å²) in [6.07, 6.45) is 48.1. The summed E-state index contributed by atoms with van der Waals surface area (Å²) in [4.78, 5) is 25.9. The van der Waals surface area contributed by atoms with Gasteiger partial charge in [-0.1, -0.05) is 212 Å². The molecule has 0 aromatic carbocycles. The minimum absolute atomic E-state index is 0.0761. The Labute approximate surface area is 341 Å². The van der Waals surface area contributed by atoms with Gasteiger partial charge in [0.15, 0.2) is 0 Å². The lowest BCUT2D eigenvalue weighted by Crippen LogP contribution is -2.46. The molecule has 0 spiro atoms. The quantitative estimate of drug-likeness (QED) is 0.0326. The summed E-state index contributed by atoms with van der Waals surface area (Å²) in [5, 5.41) is 23.6. The fourth-order valence-corrected chi connectivity index (χ4v) is 7.36. The molecule has 0 aliphatic heterocycles. The molecule has 1 amide bonds. The van der Waals surface area contributed by atoms with E-state index >= 15 is 0 Å². The van der Waals surface area contributed by atoms with Gasteiger partial charge in [-0.25, -0.2) is 0 Å². The van der Waals surface area contributed by atoms with Crippen molar-refractivity contribution in [2.75, 3.05) is 6.61 Å². The van der Waals surface area contributed by atoms with Gasteiger partial charge in [0.25, 0.3) is 0 Å². The smallest absolute Gasteiger partial charge is 0.306 e. The number of aliphatic hydroxyl groups is 2. The van der Waals surface area contributed by atoms with Gasteiger partial charge in [-0.15, -0.1) is 0 Å². The van der Waals surface area contributed by atoms with Crippen molar-refractivity contribution in [3.8, 4) is 0 Å². The lowest BCUT2D eigenvalue weighted by atomic mass is 10.0. The molecule has 0 aromatic rings. The van der Waals surface area contributed by atoms with Crippen LogP contribution in [0.4, 0.5) is 0 Å². The van der Waals surface area contributed by atoms with Crippen LogP contribution in [0.1, 0.15) is 252 Å². The first-order valence-corrected chi connectivity index (χ1v) is 24.1. The van der Waals surface area contributed by atoms with E-state index in [-0.39, 0.29) is 24.9 Å². The molecule has 3 N–H and O–H groups in total. The maximum Gasteiger partial charge on any atom is 0.306 e. The van der Waals surface area contributed by atoms with Crippen LogP contribution in [0.15, 0.2) is 24.3 Å². The average Bonchev–Trinajstić information content (AvgIpc) is 3.18. The first-order chi connectivity index (χ1) is 27.0. The molecular formula is C49H93NO5. The molecule has 3 atom stereocenters. The standard InChI is InChI=1S/C49H93NO5/c1-4-7-10-13-16-18-20-22-24-26-28-30-33-36-39-42-49(54)55-45(40-37-34-31-15-12-9-6-3)43-48(53)50-46(44-51)47(52)41-38-35-32-29-27-25-23-21-19-17-14-11-8-5-2/h16,18,20,22,45-47,51-52H,4-15,17,19,21,23-44H2,1-3H3,(H,50,53)/b18-16+,22-20+. The Morgan fingerprint density at radius 1 is 0.527 bits per heavy atom. The van der Waals surface area contributed by atoms with E-state index < -0.39 is 18.2 Å². The zero-order chi connectivity index (χ0) is 40.3. The van der Waals surface area contributed by atoms with Crippen molar-refractivity contribution in [2.24, 2.45) is 0 Å². The second kappa shape index (κ2) is 43.5. The van der Waals surface area contributed by atoms with E-state index in [9.17, 15) is 19.8 Å². The van der Waals surface area contributed by atoms with Crippen molar-refractivity contribution in [3.05, 3.63) is 24.3 Å². The van der Waals surface area contributed by atoms with E-state index in [1.165, 1.54) is 148 Å². The Morgan fingerprint density at radius 2 is 0.909 bits per heavy atom. The first-order valence-electron chi connectivity index (χ1n) is 24.1. The molecule has 3 unspecified atom stereocenters. The molecule has 0 saturated heterocycles. The Morgan fingerprint density at radius 3 is 1.38 bits per heavy atom. The first kappa shape index (κ1) is 53.3. The predicted molar refractivity (Wildman–Crippen MR) is 236 cm³/mol. The Kier molecular flexibility index (Phi) is 42.2. The van der Waals surface area contributed by atoms with Gasteiger partial charge < -0.3 is 20.3 Å². The van der Waals surface area contributed by atoms with Crippen LogP contribution in [-0.2, 0) is 14.3 Å². The number of rotatable bonds is 43. The molecule has 0 heterocycles. The number of nitrogens with one attached hydrogen (secondary N) is 1. The number of hydrogen-bond donors (Lipinski definition) is 3. The van der Waals surface area contributed by atoms with E-state index in [1.54, 1.807) is 0 Å². The van der Waals surface area contributed by atoms with Gasteiger partial charge in [0.05, 0.1) is 25.2 Å². The highest BCUT2D eigenvalue weighted by atomic mass is 16.5. The molecule has 6 nitrogen and oxygen atoms in total. The highest BCUT2D eigenvalue weighted by Gasteiger charge is 2.24. The number of esters is 1. The van der Waals surface area contributed by atoms with Crippen LogP contribution in [-0.4, -0.2) is 46.9 Å². The van der Waals surface area contributed by atoms with Gasteiger partial charge in [-0.3, -0.25) is 9.59 Å². The second-order valence-electron chi connectivity index (χ2n) is 16.5. The van der Waals surface area contributed by atoms with E-state index in [4.69, 9.17) is 4.74 Å². The number of carbonyl (C=O) groups is 2. The zero-order valence-electron chi connectivity index (χ0n) is 36.8. The summed E-state index contributed by atoms with van der Waals surface area (Å²) in [5.74, 6) is -0.483. The number of aliphatic hydroxyl groups excluding tert-OH is 2. The third-order valence-corrected chi connectivity index (χ3v) is 11.1. The highest BCUT2D eigenvalue weighted by molar-refractivity contribution is 5.77. The molecule has 0 saturated carbocycles. The van der Waals surface area contributed by atoms with Crippen LogP contribution < -0.4 is 5.32 Å². The number of unbranched alkanes of at least 4 members (excludes halogenated alkanes) is 28. The molecule has 0 rings (SSSR count). The molecule has 0 aliphatic carbocycles. The molecule has 0 fully saturated rings. The summed E-state index contributed by atoms with van der Waals surface area (Å²) < 4.78 is 5.88. The molecule has 324 valence electrons. The van der Waals surface area contributed by atoms with Crippen LogP contribution in [0.3, 0.4) is 0 Å². The number of allylic oxidation sites excluding steroid dienone is 4. The summed E-state index contributed by atoms with van der Waals surface area (Å²) in [6, 6.07) is -0.697. The Hall–Kier alpha value is -1.66. The summed E-state index contributed by atoms with van der Waals surface area (Å²) in [7, 11) is 0. The van der Waals surface area contributed by atoms with Crippen molar-refractivity contribution in [2.45, 2.75) is 270 Å². The summed E-state index contributed by atoms with van der Waals surface area (Å²) in [5.41, 5.74) is 0. The van der Waals surface area contributed by atoms with E-state index in [0.29, 0.717) is 19.3 Å².